The van der Waals surface area contributed by atoms with Crippen LogP contribution >= 0.6 is 0 Å². The van der Waals surface area contributed by atoms with Gasteiger partial charge in [-0.3, -0.25) is 9.59 Å². The third kappa shape index (κ3) is 4.42. The number of pyridine rings is 1. The summed E-state index contributed by atoms with van der Waals surface area (Å²) in [5.74, 6) is -4.27. The predicted molar refractivity (Wildman–Crippen MR) is 103 cm³/mol. The Morgan fingerprint density at radius 3 is 2.45 bits per heavy atom. The molecular formula is C20H20F2N2O7. The molecule has 1 aromatic heterocycles. The number of anilines is 1. The van der Waals surface area contributed by atoms with E-state index in [1.807, 2.05) is 0 Å². The fourth-order valence-electron chi connectivity index (χ4n) is 3.22. The number of halogens is 2. The van der Waals surface area contributed by atoms with Gasteiger partial charge in [0.05, 0.1) is 26.5 Å². The molecule has 3 rings (SSSR count). The van der Waals surface area contributed by atoms with Crippen LogP contribution in [-0.4, -0.2) is 53.2 Å². The Balaban J connectivity index is 2.19. The Morgan fingerprint density at radius 1 is 1.26 bits per heavy atom. The number of amides is 1. The van der Waals surface area contributed by atoms with Crippen molar-refractivity contribution in [3.63, 3.8) is 0 Å². The predicted octanol–water partition coefficient (Wildman–Crippen LogP) is 1.04. The molecule has 1 heterocycles. The van der Waals surface area contributed by atoms with Crippen LogP contribution in [0.5, 0.6) is 5.75 Å². The third-order valence-electron chi connectivity index (χ3n) is 4.71. The lowest BCUT2D eigenvalue weighted by molar-refractivity contribution is -0.0519. The number of carbonyl (C=O) groups is 2. The Kier molecular flexibility index (Phi) is 6.37. The molecule has 2 N–H and O–H groups in total. The normalized spacial score (nSPS) is 13.3. The molecule has 0 bridgehead atoms. The van der Waals surface area contributed by atoms with E-state index >= 15 is 0 Å². The quantitative estimate of drug-likeness (QED) is 0.490. The van der Waals surface area contributed by atoms with Crippen molar-refractivity contribution >= 4 is 17.6 Å². The van der Waals surface area contributed by atoms with Crippen LogP contribution in [0.4, 0.5) is 14.5 Å². The Hall–Kier alpha value is -3.31. The number of nitrogens with zero attached hydrogens (tertiary/aromatic N) is 2. The first-order valence-electron chi connectivity index (χ1n) is 9.24. The van der Waals surface area contributed by atoms with Gasteiger partial charge in [-0.25, -0.2) is 13.6 Å². The molecule has 1 amide bonds. The molecule has 31 heavy (non-hydrogen) atoms. The summed E-state index contributed by atoms with van der Waals surface area (Å²) in [5, 5.41) is 18.8. The average molecular weight is 438 g/mol. The SMILES string of the molecule is COC(=O)c1c(OC)c(=O)c(C(=O)N(c2ccc(F)cc2F)C2CC2)cn1CC(O)O. The van der Waals surface area contributed by atoms with Crippen LogP contribution in [-0.2, 0) is 11.3 Å². The highest BCUT2D eigenvalue weighted by Gasteiger charge is 2.38. The van der Waals surface area contributed by atoms with Gasteiger partial charge in [0.1, 0.15) is 17.2 Å². The van der Waals surface area contributed by atoms with E-state index in [-0.39, 0.29) is 5.69 Å². The zero-order valence-corrected chi connectivity index (χ0v) is 16.7. The molecule has 1 saturated carbocycles. The van der Waals surface area contributed by atoms with Gasteiger partial charge in [0.2, 0.25) is 5.43 Å². The average Bonchev–Trinajstić information content (AvgIpc) is 3.54. The minimum atomic E-state index is -1.94. The first kappa shape index (κ1) is 22.4. The van der Waals surface area contributed by atoms with Gasteiger partial charge in [0, 0.05) is 18.3 Å². The van der Waals surface area contributed by atoms with E-state index in [0.29, 0.717) is 18.9 Å². The molecule has 1 aliphatic carbocycles. The number of carbonyl (C=O) groups excluding carboxylic acids is 2. The molecule has 2 aromatic rings. The summed E-state index contributed by atoms with van der Waals surface area (Å²) in [6, 6.07) is 2.30. The number of esters is 1. The zero-order valence-electron chi connectivity index (χ0n) is 16.7. The van der Waals surface area contributed by atoms with Crippen LogP contribution in [0.25, 0.3) is 0 Å². The second-order valence-electron chi connectivity index (χ2n) is 6.88. The topological polar surface area (TPSA) is 118 Å². The molecule has 166 valence electrons. The standard InChI is InChI=1S/C20H20F2N2O7/c1-30-18-16(20(29)31-2)23(9-15(25)26)8-12(17(18)27)19(28)24(11-4-5-11)14-6-3-10(21)7-13(14)22/h3,6-8,11,15,25-26H,4-5,9H2,1-2H3. The Labute approximate surface area is 175 Å². The van der Waals surface area contributed by atoms with Gasteiger partial charge >= 0.3 is 5.97 Å². The molecule has 9 nitrogen and oxygen atoms in total. The first-order chi connectivity index (χ1) is 14.7. The second kappa shape index (κ2) is 8.82. The van der Waals surface area contributed by atoms with E-state index in [2.05, 4.69) is 4.74 Å². The van der Waals surface area contributed by atoms with E-state index in [4.69, 9.17) is 4.74 Å². The highest BCUT2D eigenvalue weighted by Crippen LogP contribution is 2.34. The number of benzene rings is 1. The summed E-state index contributed by atoms with van der Waals surface area (Å²) >= 11 is 0. The van der Waals surface area contributed by atoms with Gasteiger partial charge in [-0.1, -0.05) is 0 Å². The van der Waals surface area contributed by atoms with Crippen LogP contribution in [0.3, 0.4) is 0 Å². The third-order valence-corrected chi connectivity index (χ3v) is 4.71. The summed E-state index contributed by atoms with van der Waals surface area (Å²) in [6.07, 6.45) is 0.107. The van der Waals surface area contributed by atoms with Gasteiger partial charge in [-0.15, -0.1) is 0 Å². The fraction of sp³-hybridized carbons (Fsp3) is 0.350. The lowest BCUT2D eigenvalue weighted by Gasteiger charge is -2.24. The summed E-state index contributed by atoms with van der Waals surface area (Å²) in [6.45, 7) is -0.588. The minimum absolute atomic E-state index is 0.210. The smallest absolute Gasteiger partial charge is 0.358 e. The van der Waals surface area contributed by atoms with Gasteiger partial charge in [0.25, 0.3) is 5.91 Å². The lowest BCUT2D eigenvalue weighted by atomic mass is 10.1. The van der Waals surface area contributed by atoms with Crippen LogP contribution in [0.1, 0.15) is 33.7 Å². The Bertz CT molecular complexity index is 1080. The number of aliphatic hydroxyl groups is 2. The molecule has 0 radical (unpaired) electrons. The number of aromatic nitrogens is 1. The monoisotopic (exact) mass is 438 g/mol. The van der Waals surface area contributed by atoms with E-state index in [1.165, 1.54) is 0 Å². The lowest BCUT2D eigenvalue weighted by Crippen LogP contribution is -2.38. The van der Waals surface area contributed by atoms with Gasteiger partial charge in [-0.2, -0.15) is 0 Å². The van der Waals surface area contributed by atoms with Crippen molar-refractivity contribution in [1.82, 2.24) is 4.57 Å². The summed E-state index contributed by atoms with van der Waals surface area (Å²) < 4.78 is 38.3. The maximum absolute atomic E-state index is 14.4. The van der Waals surface area contributed by atoms with Gasteiger partial charge < -0.3 is 29.2 Å². The highest BCUT2D eigenvalue weighted by molar-refractivity contribution is 6.07. The summed E-state index contributed by atoms with van der Waals surface area (Å²) in [4.78, 5) is 39.5. The van der Waals surface area contributed by atoms with Crippen molar-refractivity contribution in [1.29, 1.82) is 0 Å². The molecule has 0 spiro atoms. The van der Waals surface area contributed by atoms with Crippen LogP contribution in [0.2, 0.25) is 0 Å². The van der Waals surface area contributed by atoms with Crippen molar-refractivity contribution < 1.29 is 38.1 Å². The number of rotatable bonds is 7. The molecule has 11 heteroatoms. The molecular weight excluding hydrogens is 418 g/mol. The van der Waals surface area contributed by atoms with Crippen molar-refractivity contribution in [2.75, 3.05) is 19.1 Å². The van der Waals surface area contributed by atoms with E-state index < -0.39 is 64.8 Å². The number of methoxy groups -OCH3 is 2. The van der Waals surface area contributed by atoms with Crippen LogP contribution < -0.4 is 15.1 Å². The van der Waals surface area contributed by atoms with Gasteiger partial charge in [0.15, 0.2) is 17.7 Å². The summed E-state index contributed by atoms with van der Waals surface area (Å²) in [5.41, 5.74) is -2.10. The van der Waals surface area contributed by atoms with Crippen molar-refractivity contribution in [3.8, 4) is 5.75 Å². The second-order valence-corrected chi connectivity index (χ2v) is 6.88. The van der Waals surface area contributed by atoms with E-state index in [9.17, 15) is 33.4 Å². The first-order valence-corrected chi connectivity index (χ1v) is 9.24. The Morgan fingerprint density at radius 2 is 1.94 bits per heavy atom. The van der Waals surface area contributed by atoms with Crippen LogP contribution in [0.15, 0.2) is 29.2 Å². The summed E-state index contributed by atoms with van der Waals surface area (Å²) in [7, 11) is 2.15. The highest BCUT2D eigenvalue weighted by atomic mass is 19.1. The molecule has 0 saturated heterocycles. The van der Waals surface area contributed by atoms with Crippen molar-refractivity contribution in [2.45, 2.75) is 31.7 Å². The molecule has 1 fully saturated rings. The maximum Gasteiger partial charge on any atom is 0.358 e. The molecule has 1 aliphatic rings. The molecule has 0 unspecified atom stereocenters. The molecule has 0 aliphatic heterocycles. The van der Waals surface area contributed by atoms with Crippen molar-refractivity contribution in [2.24, 2.45) is 0 Å². The number of hydrogen-bond donors (Lipinski definition) is 2. The van der Waals surface area contributed by atoms with E-state index in [1.54, 1.807) is 0 Å². The zero-order chi connectivity index (χ0) is 22.9. The number of aliphatic hydroxyl groups excluding tert-OH is 1. The fourth-order valence-corrected chi connectivity index (χ4v) is 3.22. The molecule has 0 atom stereocenters. The van der Waals surface area contributed by atoms with Gasteiger partial charge in [-0.05, 0) is 25.0 Å². The maximum atomic E-state index is 14.4. The van der Waals surface area contributed by atoms with Crippen LogP contribution in [0, 0.1) is 11.6 Å². The van der Waals surface area contributed by atoms with Crippen molar-refractivity contribution in [3.05, 3.63) is 57.5 Å². The van der Waals surface area contributed by atoms with E-state index in [0.717, 1.165) is 42.0 Å². The minimum Gasteiger partial charge on any atom is -0.491 e. The molecule has 1 aromatic carbocycles. The largest absolute Gasteiger partial charge is 0.491 e. The number of ether oxygens (including phenoxy) is 2. The number of hydrogen-bond acceptors (Lipinski definition) is 7.